The first kappa shape index (κ1) is 13.0. The third kappa shape index (κ3) is 2.66. The van der Waals surface area contributed by atoms with Crippen LogP contribution in [0.4, 0.5) is 4.39 Å². The molecular formula is C15H21FN2O. The molecule has 1 aliphatic heterocycles. The number of aliphatic hydroxyl groups is 1. The Morgan fingerprint density at radius 2 is 2.00 bits per heavy atom. The summed E-state index contributed by atoms with van der Waals surface area (Å²) in [6.07, 6.45) is 0.355. The molecule has 0 aromatic heterocycles. The van der Waals surface area contributed by atoms with Crippen LogP contribution in [0.1, 0.15) is 17.2 Å². The fourth-order valence-electron chi connectivity index (χ4n) is 3.20. The molecule has 19 heavy (non-hydrogen) atoms. The molecule has 2 atom stereocenters. The lowest BCUT2D eigenvalue weighted by molar-refractivity contribution is 0.0724. The van der Waals surface area contributed by atoms with Gasteiger partial charge in [-0.25, -0.2) is 4.39 Å². The molecule has 4 heteroatoms. The van der Waals surface area contributed by atoms with Crippen LogP contribution in [0.2, 0.25) is 0 Å². The average molecular weight is 264 g/mol. The summed E-state index contributed by atoms with van der Waals surface area (Å²) in [6, 6.07) is 4.80. The molecular weight excluding hydrogens is 243 g/mol. The maximum atomic E-state index is 13.2. The summed E-state index contributed by atoms with van der Waals surface area (Å²) in [4.78, 5) is 4.74. The minimum atomic E-state index is -0.509. The zero-order valence-electron chi connectivity index (χ0n) is 11.3. The SMILES string of the molecule is CN1CCN(CC2Cc3ccc(F)cc3C2O)CC1. The molecule has 1 aromatic carbocycles. The molecule has 3 rings (SSSR count). The van der Waals surface area contributed by atoms with Gasteiger partial charge in [0.05, 0.1) is 6.10 Å². The van der Waals surface area contributed by atoms with E-state index in [1.165, 1.54) is 12.1 Å². The molecule has 0 saturated carbocycles. The van der Waals surface area contributed by atoms with E-state index in [9.17, 15) is 9.50 Å². The molecule has 1 saturated heterocycles. The van der Waals surface area contributed by atoms with Gasteiger partial charge in [0.1, 0.15) is 5.82 Å². The van der Waals surface area contributed by atoms with Crippen molar-refractivity contribution < 1.29 is 9.50 Å². The molecule has 1 fully saturated rings. The van der Waals surface area contributed by atoms with Gasteiger partial charge in [0.25, 0.3) is 0 Å². The van der Waals surface area contributed by atoms with Crippen LogP contribution in [0, 0.1) is 11.7 Å². The van der Waals surface area contributed by atoms with Crippen molar-refractivity contribution in [2.24, 2.45) is 5.92 Å². The number of hydrogen-bond acceptors (Lipinski definition) is 3. The topological polar surface area (TPSA) is 26.7 Å². The van der Waals surface area contributed by atoms with E-state index in [4.69, 9.17) is 0 Å². The van der Waals surface area contributed by atoms with Crippen LogP contribution in [0.15, 0.2) is 18.2 Å². The molecule has 1 heterocycles. The van der Waals surface area contributed by atoms with Gasteiger partial charge in [0, 0.05) is 38.6 Å². The molecule has 1 N–H and O–H groups in total. The van der Waals surface area contributed by atoms with Crippen LogP contribution < -0.4 is 0 Å². The van der Waals surface area contributed by atoms with Crippen LogP contribution in [-0.4, -0.2) is 54.7 Å². The third-order valence-electron chi connectivity index (χ3n) is 4.44. The van der Waals surface area contributed by atoms with Crippen molar-refractivity contribution in [1.29, 1.82) is 0 Å². The fourth-order valence-corrected chi connectivity index (χ4v) is 3.20. The predicted molar refractivity (Wildman–Crippen MR) is 72.5 cm³/mol. The van der Waals surface area contributed by atoms with Gasteiger partial charge in [-0.1, -0.05) is 6.07 Å². The first-order valence-corrected chi connectivity index (χ1v) is 7.01. The second-order valence-electron chi connectivity index (χ2n) is 5.86. The number of benzene rings is 1. The van der Waals surface area contributed by atoms with Gasteiger partial charge in [-0.2, -0.15) is 0 Å². The zero-order valence-corrected chi connectivity index (χ0v) is 11.3. The zero-order chi connectivity index (χ0) is 13.4. The third-order valence-corrected chi connectivity index (χ3v) is 4.44. The van der Waals surface area contributed by atoms with Crippen molar-refractivity contribution >= 4 is 0 Å². The summed E-state index contributed by atoms with van der Waals surface area (Å²) in [7, 11) is 2.14. The average Bonchev–Trinajstić information content (AvgIpc) is 2.70. The van der Waals surface area contributed by atoms with E-state index in [2.05, 4.69) is 16.8 Å². The van der Waals surface area contributed by atoms with E-state index < -0.39 is 6.10 Å². The van der Waals surface area contributed by atoms with Crippen molar-refractivity contribution in [3.8, 4) is 0 Å². The Morgan fingerprint density at radius 3 is 2.74 bits per heavy atom. The summed E-state index contributed by atoms with van der Waals surface area (Å²) >= 11 is 0. The number of fused-ring (bicyclic) bond motifs is 1. The van der Waals surface area contributed by atoms with Gasteiger partial charge in [-0.3, -0.25) is 0 Å². The molecule has 0 spiro atoms. The first-order chi connectivity index (χ1) is 9.13. The second kappa shape index (κ2) is 5.19. The quantitative estimate of drug-likeness (QED) is 0.871. The predicted octanol–water partition coefficient (Wildman–Crippen LogP) is 1.28. The van der Waals surface area contributed by atoms with Gasteiger partial charge >= 0.3 is 0 Å². The number of hydrogen-bond donors (Lipinski definition) is 1. The Morgan fingerprint density at radius 1 is 1.26 bits per heavy atom. The van der Waals surface area contributed by atoms with Crippen molar-refractivity contribution in [3.63, 3.8) is 0 Å². The summed E-state index contributed by atoms with van der Waals surface area (Å²) in [5, 5.41) is 10.3. The number of piperazine rings is 1. The highest BCUT2D eigenvalue weighted by atomic mass is 19.1. The van der Waals surface area contributed by atoms with Crippen LogP contribution >= 0.6 is 0 Å². The Balaban J connectivity index is 1.65. The lowest BCUT2D eigenvalue weighted by Crippen LogP contribution is -2.46. The molecule has 0 amide bonds. The lowest BCUT2D eigenvalue weighted by Gasteiger charge is -2.34. The summed E-state index contributed by atoms with van der Waals surface area (Å²) in [6.45, 7) is 5.20. The molecule has 0 radical (unpaired) electrons. The number of likely N-dealkylation sites (N-methyl/N-ethyl adjacent to an activating group) is 1. The van der Waals surface area contributed by atoms with E-state index in [1.807, 2.05) is 6.07 Å². The molecule has 2 aliphatic rings. The normalized spacial score (nSPS) is 28.6. The number of nitrogens with zero attached hydrogens (tertiary/aromatic N) is 2. The maximum absolute atomic E-state index is 13.2. The van der Waals surface area contributed by atoms with Crippen molar-refractivity contribution in [2.75, 3.05) is 39.8 Å². The van der Waals surface area contributed by atoms with E-state index >= 15 is 0 Å². The molecule has 0 bridgehead atoms. The maximum Gasteiger partial charge on any atom is 0.123 e. The number of halogens is 1. The van der Waals surface area contributed by atoms with Crippen molar-refractivity contribution in [2.45, 2.75) is 12.5 Å². The molecule has 2 unspecified atom stereocenters. The van der Waals surface area contributed by atoms with Gasteiger partial charge < -0.3 is 14.9 Å². The lowest BCUT2D eigenvalue weighted by atomic mass is 10.0. The highest BCUT2D eigenvalue weighted by Crippen LogP contribution is 2.36. The Kier molecular flexibility index (Phi) is 3.56. The second-order valence-corrected chi connectivity index (χ2v) is 5.86. The number of aliphatic hydroxyl groups excluding tert-OH is 1. The molecule has 104 valence electrons. The Labute approximate surface area is 113 Å². The molecule has 3 nitrogen and oxygen atoms in total. The van der Waals surface area contributed by atoms with E-state index in [0.29, 0.717) is 0 Å². The van der Waals surface area contributed by atoms with E-state index in [-0.39, 0.29) is 11.7 Å². The molecule has 1 aromatic rings. The standard InChI is InChI=1S/C15H21FN2O/c1-17-4-6-18(7-5-17)10-12-8-11-2-3-13(16)9-14(11)15(12)19/h2-3,9,12,15,19H,4-8,10H2,1H3. The summed E-state index contributed by atoms with van der Waals surface area (Å²) < 4.78 is 13.2. The number of rotatable bonds is 2. The summed E-state index contributed by atoms with van der Waals surface area (Å²) in [5.41, 5.74) is 1.90. The Hall–Kier alpha value is -0.970. The van der Waals surface area contributed by atoms with Gasteiger partial charge in [-0.05, 0) is 36.7 Å². The minimum absolute atomic E-state index is 0.209. The van der Waals surface area contributed by atoms with Gasteiger partial charge in [0.2, 0.25) is 0 Å². The fraction of sp³-hybridized carbons (Fsp3) is 0.600. The molecule has 1 aliphatic carbocycles. The van der Waals surface area contributed by atoms with Crippen molar-refractivity contribution in [1.82, 2.24) is 9.80 Å². The van der Waals surface area contributed by atoms with Gasteiger partial charge in [-0.15, -0.1) is 0 Å². The van der Waals surface area contributed by atoms with E-state index in [0.717, 1.165) is 50.3 Å². The van der Waals surface area contributed by atoms with E-state index in [1.54, 1.807) is 0 Å². The van der Waals surface area contributed by atoms with Crippen LogP contribution in [-0.2, 0) is 6.42 Å². The first-order valence-electron chi connectivity index (χ1n) is 7.01. The van der Waals surface area contributed by atoms with Crippen molar-refractivity contribution in [3.05, 3.63) is 35.1 Å². The van der Waals surface area contributed by atoms with Crippen LogP contribution in [0.3, 0.4) is 0 Å². The highest BCUT2D eigenvalue weighted by Gasteiger charge is 2.32. The summed E-state index contributed by atoms with van der Waals surface area (Å²) in [5.74, 6) is -0.0433. The van der Waals surface area contributed by atoms with Crippen LogP contribution in [0.5, 0.6) is 0 Å². The minimum Gasteiger partial charge on any atom is -0.388 e. The Bertz CT molecular complexity index is 457. The largest absolute Gasteiger partial charge is 0.388 e. The smallest absolute Gasteiger partial charge is 0.123 e. The van der Waals surface area contributed by atoms with Crippen LogP contribution in [0.25, 0.3) is 0 Å². The monoisotopic (exact) mass is 264 g/mol. The van der Waals surface area contributed by atoms with Gasteiger partial charge in [0.15, 0.2) is 0 Å². The highest BCUT2D eigenvalue weighted by molar-refractivity contribution is 5.35.